The van der Waals surface area contributed by atoms with Gasteiger partial charge in [0.25, 0.3) is 0 Å². The van der Waals surface area contributed by atoms with Crippen LogP contribution >= 0.6 is 0 Å². The molecule has 1 aliphatic heterocycles. The quantitative estimate of drug-likeness (QED) is 0.607. The molecule has 0 unspecified atom stereocenters. The van der Waals surface area contributed by atoms with E-state index >= 15 is 0 Å². The van der Waals surface area contributed by atoms with E-state index in [1.54, 1.807) is 24.3 Å². The second-order valence-corrected chi connectivity index (χ2v) is 9.03. The minimum Gasteiger partial charge on any atom is -1.00 e. The van der Waals surface area contributed by atoms with Gasteiger partial charge in [0.1, 0.15) is 5.69 Å². The fraction of sp³-hybridized carbons (Fsp3) is 0.238. The van der Waals surface area contributed by atoms with Crippen molar-refractivity contribution < 1.29 is 38.9 Å². The third-order valence-corrected chi connectivity index (χ3v) is 7.18. The number of alkyl halides is 3. The predicted octanol–water partition coefficient (Wildman–Crippen LogP) is 0.0835. The number of piperazine rings is 1. The molecule has 3 aromatic carbocycles. The van der Waals surface area contributed by atoms with Crippen LogP contribution in [0.5, 0.6) is 0 Å². The average molecular weight is 457 g/mol. The molecule has 4 nitrogen and oxygen atoms in total. The molecule has 0 bridgehead atoms. The first-order valence-corrected chi connectivity index (χ1v) is 10.7. The largest absolute Gasteiger partial charge is 1.00 e. The van der Waals surface area contributed by atoms with Gasteiger partial charge in [0.05, 0.1) is 36.6 Å². The van der Waals surface area contributed by atoms with Crippen LogP contribution in [0.15, 0.2) is 71.6 Å². The van der Waals surface area contributed by atoms with Crippen LogP contribution in [0, 0.1) is 0 Å². The van der Waals surface area contributed by atoms with Crippen molar-refractivity contribution in [2.75, 3.05) is 26.2 Å². The molecule has 1 heterocycles. The van der Waals surface area contributed by atoms with Crippen LogP contribution in [0.4, 0.5) is 18.9 Å². The number of benzene rings is 3. The van der Waals surface area contributed by atoms with Crippen LogP contribution in [0.25, 0.3) is 10.8 Å². The number of fused-ring (bicyclic) bond motifs is 1. The molecule has 0 aliphatic carbocycles. The molecule has 160 valence electrons. The maximum atomic E-state index is 13.0. The van der Waals surface area contributed by atoms with Gasteiger partial charge in [-0.25, -0.2) is 8.42 Å². The Balaban J connectivity index is 0.00000256. The van der Waals surface area contributed by atoms with Gasteiger partial charge in [-0.1, -0.05) is 36.4 Å². The summed E-state index contributed by atoms with van der Waals surface area (Å²) in [4.78, 5) is 1.08. The number of nitrogens with zero attached hydrogens (tertiary/aromatic N) is 1. The Morgan fingerprint density at radius 3 is 2.17 bits per heavy atom. The molecule has 0 atom stereocenters. The Labute approximate surface area is 179 Å². The summed E-state index contributed by atoms with van der Waals surface area (Å²) >= 11 is 0. The summed E-state index contributed by atoms with van der Waals surface area (Å²) in [5, 5.41) is 1.81. The summed E-state index contributed by atoms with van der Waals surface area (Å²) in [5.74, 6) is 0. The smallest absolute Gasteiger partial charge is 0.416 e. The van der Waals surface area contributed by atoms with Crippen molar-refractivity contribution in [3.05, 3.63) is 72.3 Å². The van der Waals surface area contributed by atoms with Crippen molar-refractivity contribution in [2.45, 2.75) is 11.1 Å². The van der Waals surface area contributed by atoms with Gasteiger partial charge >= 0.3 is 6.18 Å². The first-order chi connectivity index (χ1) is 13.7. The zero-order chi connectivity index (χ0) is 20.6. The highest BCUT2D eigenvalue weighted by Crippen LogP contribution is 2.30. The first kappa shape index (κ1) is 22.6. The van der Waals surface area contributed by atoms with Gasteiger partial charge in [0.2, 0.25) is 10.0 Å². The standard InChI is InChI=1S/C21H19F3N2O2S.ClH/c22-21(23,24)18-6-3-7-19(15-18)25-10-12-26(13-11-25)29(27,28)20-9-8-16-4-1-2-5-17(16)14-20;/h1-9,14-15H,10-13H2;1H. The zero-order valence-corrected chi connectivity index (χ0v) is 17.4. The van der Waals surface area contributed by atoms with Crippen molar-refractivity contribution in [1.82, 2.24) is 4.31 Å². The lowest BCUT2D eigenvalue weighted by Crippen LogP contribution is -3.10. The third kappa shape index (κ3) is 4.46. The maximum Gasteiger partial charge on any atom is 0.416 e. The summed E-state index contributed by atoms with van der Waals surface area (Å²) in [7, 11) is -3.65. The van der Waals surface area contributed by atoms with E-state index < -0.39 is 21.8 Å². The topological polar surface area (TPSA) is 41.8 Å². The minimum absolute atomic E-state index is 0. The van der Waals surface area contributed by atoms with Crippen LogP contribution in [0.2, 0.25) is 0 Å². The molecule has 30 heavy (non-hydrogen) atoms. The summed E-state index contributed by atoms with van der Waals surface area (Å²) < 4.78 is 66.3. The normalized spacial score (nSPS) is 16.4. The molecule has 0 aromatic heterocycles. The molecule has 3 aromatic rings. The summed E-state index contributed by atoms with van der Waals surface area (Å²) in [6, 6.07) is 17.8. The second-order valence-electron chi connectivity index (χ2n) is 7.10. The average Bonchev–Trinajstić information content (AvgIpc) is 2.73. The van der Waals surface area contributed by atoms with E-state index in [1.165, 1.54) is 10.4 Å². The van der Waals surface area contributed by atoms with Crippen molar-refractivity contribution in [3.8, 4) is 0 Å². The van der Waals surface area contributed by atoms with Crippen LogP contribution in [-0.4, -0.2) is 38.9 Å². The molecule has 0 spiro atoms. The molecular formula is C21H20ClF3N2O2S. The summed E-state index contributed by atoms with van der Waals surface area (Å²) in [6.45, 7) is 1.32. The van der Waals surface area contributed by atoms with Gasteiger partial charge in [-0.2, -0.15) is 17.5 Å². The molecule has 4 rings (SSSR count). The van der Waals surface area contributed by atoms with E-state index in [2.05, 4.69) is 0 Å². The maximum absolute atomic E-state index is 13.0. The highest BCUT2D eigenvalue weighted by molar-refractivity contribution is 7.89. The van der Waals surface area contributed by atoms with Crippen molar-refractivity contribution in [3.63, 3.8) is 0 Å². The number of rotatable bonds is 3. The highest BCUT2D eigenvalue weighted by Gasteiger charge is 2.34. The van der Waals surface area contributed by atoms with Gasteiger partial charge in [0, 0.05) is 6.07 Å². The van der Waals surface area contributed by atoms with E-state index in [9.17, 15) is 21.6 Å². The van der Waals surface area contributed by atoms with E-state index in [-0.39, 0.29) is 30.4 Å². The Bertz CT molecular complexity index is 1140. The molecule has 0 saturated carbocycles. The number of halogens is 4. The van der Waals surface area contributed by atoms with Crippen LogP contribution in [0.3, 0.4) is 0 Å². The van der Waals surface area contributed by atoms with Crippen LogP contribution in [0.1, 0.15) is 5.56 Å². The fourth-order valence-electron chi connectivity index (χ4n) is 3.68. The molecule has 9 heteroatoms. The Morgan fingerprint density at radius 2 is 1.50 bits per heavy atom. The third-order valence-electron chi connectivity index (χ3n) is 5.28. The van der Waals surface area contributed by atoms with Gasteiger partial charge in [-0.3, -0.25) is 0 Å². The lowest BCUT2D eigenvalue weighted by Gasteiger charge is -2.31. The van der Waals surface area contributed by atoms with Crippen molar-refractivity contribution in [2.24, 2.45) is 0 Å². The molecule has 1 fully saturated rings. The van der Waals surface area contributed by atoms with Gasteiger partial charge < -0.3 is 17.3 Å². The lowest BCUT2D eigenvalue weighted by atomic mass is 10.1. The highest BCUT2D eigenvalue weighted by atomic mass is 35.5. The van der Waals surface area contributed by atoms with E-state index in [0.717, 1.165) is 27.8 Å². The van der Waals surface area contributed by atoms with Gasteiger partial charge in [-0.15, -0.1) is 0 Å². The zero-order valence-electron chi connectivity index (χ0n) is 15.9. The first-order valence-electron chi connectivity index (χ1n) is 9.26. The van der Waals surface area contributed by atoms with E-state index in [4.69, 9.17) is 0 Å². The summed E-state index contributed by atoms with van der Waals surface area (Å²) in [6.07, 6.45) is -4.39. The molecule has 0 radical (unpaired) electrons. The number of nitrogens with one attached hydrogen (secondary N) is 1. The Morgan fingerprint density at radius 1 is 0.833 bits per heavy atom. The minimum atomic E-state index is -4.39. The van der Waals surface area contributed by atoms with Crippen LogP contribution in [-0.2, 0) is 16.2 Å². The lowest BCUT2D eigenvalue weighted by molar-refractivity contribution is -0.837. The van der Waals surface area contributed by atoms with Gasteiger partial charge in [-0.05, 0) is 35.0 Å². The van der Waals surface area contributed by atoms with Crippen molar-refractivity contribution in [1.29, 1.82) is 0 Å². The monoisotopic (exact) mass is 456 g/mol. The number of hydrogen-bond donors (Lipinski definition) is 1. The van der Waals surface area contributed by atoms with Gasteiger partial charge in [0.15, 0.2) is 0 Å². The predicted molar refractivity (Wildman–Crippen MR) is 105 cm³/mol. The molecular weight excluding hydrogens is 437 g/mol. The molecule has 1 N–H and O–H groups in total. The number of sulfonamides is 1. The van der Waals surface area contributed by atoms with E-state index in [1.807, 2.05) is 24.3 Å². The second kappa shape index (κ2) is 8.55. The van der Waals surface area contributed by atoms with Crippen molar-refractivity contribution >= 4 is 26.5 Å². The SMILES string of the molecule is O=S(=O)(c1ccc2ccccc2c1)N1CC[NH+](c2cccc(C(F)(F)F)c2)CC1.[Cl-]. The molecule has 0 amide bonds. The Hall–Kier alpha value is -2.13. The number of hydrogen-bond acceptors (Lipinski definition) is 2. The summed E-state index contributed by atoms with van der Waals surface area (Å²) in [5.41, 5.74) is -0.156. The number of quaternary nitrogens is 1. The van der Waals surface area contributed by atoms with Crippen LogP contribution < -0.4 is 17.3 Å². The fourth-order valence-corrected chi connectivity index (χ4v) is 5.15. The van der Waals surface area contributed by atoms with E-state index in [0.29, 0.717) is 18.8 Å². The molecule has 1 aliphatic rings. The molecule has 1 saturated heterocycles. The Kier molecular flexibility index (Phi) is 6.43.